The molecule has 1 aliphatic carbocycles. The fraction of sp³-hybridized carbons (Fsp3) is 0.304. The molecule has 2 aromatic carbocycles. The molecule has 1 N–H and O–H groups in total. The minimum absolute atomic E-state index is 0.182. The van der Waals surface area contributed by atoms with E-state index in [-0.39, 0.29) is 11.5 Å². The highest BCUT2D eigenvalue weighted by Gasteiger charge is 2.22. The van der Waals surface area contributed by atoms with Crippen LogP contribution in [0.5, 0.6) is 5.75 Å². The third-order valence-corrected chi connectivity index (χ3v) is 7.16. The molecule has 10 heteroatoms. The minimum atomic E-state index is -1.07. The fourth-order valence-electron chi connectivity index (χ4n) is 3.95. The van der Waals surface area contributed by atoms with Crippen molar-refractivity contribution in [1.82, 2.24) is 9.66 Å². The van der Waals surface area contributed by atoms with Gasteiger partial charge in [-0.05, 0) is 80.6 Å². The molecule has 1 aliphatic rings. The van der Waals surface area contributed by atoms with Gasteiger partial charge in [-0.15, -0.1) is 0 Å². The Balaban J connectivity index is 1.76. The second kappa shape index (κ2) is 10.5. The zero-order valence-electron chi connectivity index (χ0n) is 17.4. The minimum Gasteiger partial charge on any atom is -0.480 e. The van der Waals surface area contributed by atoms with Crippen LogP contribution in [-0.2, 0) is 4.79 Å². The maximum absolute atomic E-state index is 13.4. The first kappa shape index (κ1) is 24.1. The molecule has 4 rings (SSSR count). The summed E-state index contributed by atoms with van der Waals surface area (Å²) in [6.45, 7) is -0.455. The molecule has 0 amide bonds. The quantitative estimate of drug-likeness (QED) is 0.330. The molecule has 0 aliphatic heterocycles. The van der Waals surface area contributed by atoms with Crippen molar-refractivity contribution in [2.45, 2.75) is 38.0 Å². The molecule has 33 heavy (non-hydrogen) atoms. The summed E-state index contributed by atoms with van der Waals surface area (Å²) in [5, 5.41) is 13.9. The monoisotopic (exact) mass is 639 g/mol. The Hall–Kier alpha value is -2.04. The van der Waals surface area contributed by atoms with Gasteiger partial charge in [0, 0.05) is 10.4 Å². The Morgan fingerprint density at radius 1 is 1.15 bits per heavy atom. The molecule has 1 aromatic heterocycles. The van der Waals surface area contributed by atoms with Gasteiger partial charge in [-0.2, -0.15) is 9.78 Å². The largest absolute Gasteiger partial charge is 0.480 e. The van der Waals surface area contributed by atoms with E-state index in [0.29, 0.717) is 37.0 Å². The Labute approximate surface area is 215 Å². The number of carbonyl (C=O) groups is 1. The molecule has 7 nitrogen and oxygen atoms in total. The van der Waals surface area contributed by atoms with Gasteiger partial charge in [0.05, 0.1) is 26.1 Å². The molecule has 0 radical (unpaired) electrons. The molecular formula is C23H20Br3N3O4. The summed E-state index contributed by atoms with van der Waals surface area (Å²) in [7, 11) is 0. The number of benzene rings is 2. The van der Waals surface area contributed by atoms with Crippen LogP contribution >= 0.6 is 47.8 Å². The van der Waals surface area contributed by atoms with Crippen molar-refractivity contribution in [2.24, 2.45) is 5.10 Å². The van der Waals surface area contributed by atoms with Crippen LogP contribution in [0.4, 0.5) is 0 Å². The van der Waals surface area contributed by atoms with Gasteiger partial charge >= 0.3 is 5.97 Å². The summed E-state index contributed by atoms with van der Waals surface area (Å²) in [6.07, 6.45) is 6.98. The van der Waals surface area contributed by atoms with Crippen LogP contribution < -0.4 is 10.3 Å². The summed E-state index contributed by atoms with van der Waals surface area (Å²) in [4.78, 5) is 29.0. The van der Waals surface area contributed by atoms with Crippen molar-refractivity contribution in [3.05, 3.63) is 65.5 Å². The fourth-order valence-corrected chi connectivity index (χ4v) is 5.76. The van der Waals surface area contributed by atoms with Gasteiger partial charge < -0.3 is 9.84 Å². The van der Waals surface area contributed by atoms with E-state index >= 15 is 0 Å². The highest BCUT2D eigenvalue weighted by molar-refractivity contribution is 9.11. The smallest absolute Gasteiger partial charge is 0.341 e. The number of hydrogen-bond acceptors (Lipinski definition) is 5. The highest BCUT2D eigenvalue weighted by atomic mass is 79.9. The number of rotatable bonds is 6. The van der Waals surface area contributed by atoms with Crippen molar-refractivity contribution in [3.8, 4) is 5.75 Å². The topological polar surface area (TPSA) is 93.8 Å². The molecule has 1 saturated carbocycles. The summed E-state index contributed by atoms with van der Waals surface area (Å²) in [5.41, 5.74) is 1.16. The SMILES string of the molecule is O=C(O)COc1c(Br)cc(C=Nn2c(C3CCCCC3)nc3ccc(Br)cc3c2=O)cc1Br. The van der Waals surface area contributed by atoms with Crippen LogP contribution in [0.2, 0.25) is 0 Å². The second-order valence-electron chi connectivity index (χ2n) is 7.82. The number of carboxylic acids is 1. The standard InChI is InChI=1S/C23H20Br3N3O4/c24-15-6-7-19-16(10-15)23(32)29(22(28-19)14-4-2-1-3-5-14)27-11-13-8-17(25)21(18(26)9-13)33-12-20(30)31/h6-11,14H,1-5,12H2,(H,30,31). The number of aliphatic carboxylic acids is 1. The van der Waals surface area contributed by atoms with Gasteiger partial charge in [-0.25, -0.2) is 9.78 Å². The maximum Gasteiger partial charge on any atom is 0.341 e. The van der Waals surface area contributed by atoms with Crippen molar-refractivity contribution < 1.29 is 14.6 Å². The van der Waals surface area contributed by atoms with E-state index in [1.807, 2.05) is 12.1 Å². The first-order valence-corrected chi connectivity index (χ1v) is 12.8. The number of nitrogens with zero attached hydrogens (tertiary/aromatic N) is 3. The molecule has 0 atom stereocenters. The van der Waals surface area contributed by atoms with E-state index < -0.39 is 12.6 Å². The Morgan fingerprint density at radius 2 is 1.85 bits per heavy atom. The molecule has 1 heterocycles. The highest BCUT2D eigenvalue weighted by Crippen LogP contribution is 2.35. The van der Waals surface area contributed by atoms with Crippen molar-refractivity contribution in [3.63, 3.8) is 0 Å². The summed E-state index contributed by atoms with van der Waals surface area (Å²) >= 11 is 10.3. The zero-order valence-corrected chi connectivity index (χ0v) is 22.2. The van der Waals surface area contributed by atoms with E-state index in [0.717, 1.165) is 30.2 Å². The number of ether oxygens (including phenoxy) is 1. The van der Waals surface area contributed by atoms with Gasteiger partial charge in [0.15, 0.2) is 6.61 Å². The van der Waals surface area contributed by atoms with Gasteiger partial charge in [-0.1, -0.05) is 35.2 Å². The van der Waals surface area contributed by atoms with Crippen molar-refractivity contribution >= 4 is 70.9 Å². The van der Waals surface area contributed by atoms with E-state index in [9.17, 15) is 9.59 Å². The molecular weight excluding hydrogens is 622 g/mol. The Bertz CT molecular complexity index is 1280. The molecule has 0 bridgehead atoms. The normalized spacial score (nSPS) is 14.8. The average Bonchev–Trinajstić information content (AvgIpc) is 2.78. The van der Waals surface area contributed by atoms with Gasteiger partial charge in [0.25, 0.3) is 5.56 Å². The van der Waals surface area contributed by atoms with Crippen LogP contribution in [0.1, 0.15) is 49.4 Å². The van der Waals surface area contributed by atoms with E-state index in [1.165, 1.54) is 11.1 Å². The Kier molecular flexibility index (Phi) is 7.65. The summed E-state index contributed by atoms with van der Waals surface area (Å²) < 4.78 is 8.68. The lowest BCUT2D eigenvalue weighted by Gasteiger charge is -2.22. The summed E-state index contributed by atoms with van der Waals surface area (Å²) in [6, 6.07) is 9.01. The lowest BCUT2D eigenvalue weighted by Crippen LogP contribution is -2.25. The summed E-state index contributed by atoms with van der Waals surface area (Å²) in [5.74, 6) is 0.184. The average molecular weight is 642 g/mol. The predicted octanol–water partition coefficient (Wildman–Crippen LogP) is 6.08. The van der Waals surface area contributed by atoms with Crippen LogP contribution in [0.25, 0.3) is 10.9 Å². The third kappa shape index (κ3) is 5.55. The van der Waals surface area contributed by atoms with Gasteiger partial charge in [0.2, 0.25) is 0 Å². The van der Waals surface area contributed by atoms with E-state index in [1.54, 1.807) is 24.4 Å². The Morgan fingerprint density at radius 3 is 2.52 bits per heavy atom. The number of aromatic nitrogens is 2. The molecule has 172 valence electrons. The lowest BCUT2D eigenvalue weighted by molar-refractivity contribution is -0.139. The van der Waals surface area contributed by atoms with Crippen LogP contribution in [0.3, 0.4) is 0 Å². The van der Waals surface area contributed by atoms with E-state index in [2.05, 4.69) is 52.9 Å². The lowest BCUT2D eigenvalue weighted by atomic mass is 9.88. The van der Waals surface area contributed by atoms with E-state index in [4.69, 9.17) is 14.8 Å². The number of carboxylic acid groups (broad SMARTS) is 1. The number of hydrogen-bond donors (Lipinski definition) is 1. The van der Waals surface area contributed by atoms with Crippen molar-refractivity contribution in [2.75, 3.05) is 6.61 Å². The molecule has 3 aromatic rings. The van der Waals surface area contributed by atoms with Crippen LogP contribution in [-0.4, -0.2) is 33.6 Å². The first-order valence-electron chi connectivity index (χ1n) is 10.4. The van der Waals surface area contributed by atoms with Gasteiger partial charge in [0.1, 0.15) is 11.6 Å². The van der Waals surface area contributed by atoms with Gasteiger partial charge in [-0.3, -0.25) is 4.79 Å². The number of fused-ring (bicyclic) bond motifs is 1. The molecule has 1 fully saturated rings. The maximum atomic E-state index is 13.4. The third-order valence-electron chi connectivity index (χ3n) is 5.49. The number of halogens is 3. The predicted molar refractivity (Wildman–Crippen MR) is 137 cm³/mol. The van der Waals surface area contributed by atoms with Crippen LogP contribution in [0, 0.1) is 0 Å². The molecule has 0 unspecified atom stereocenters. The second-order valence-corrected chi connectivity index (χ2v) is 10.4. The zero-order chi connectivity index (χ0) is 23.5. The molecule has 0 saturated heterocycles. The molecule has 0 spiro atoms. The van der Waals surface area contributed by atoms with Crippen LogP contribution in [0.15, 0.2) is 53.6 Å². The first-order chi connectivity index (χ1) is 15.8. The van der Waals surface area contributed by atoms with Crippen molar-refractivity contribution in [1.29, 1.82) is 0 Å².